The number of hydrogen-bond acceptors (Lipinski definition) is 3. The first-order valence-electron chi connectivity index (χ1n) is 5.00. The standard InChI is InChI=1S/C11H14ClN3/c1-8-7-15(14-11(8)13-2)10-5-3-4-9(12)6-10/h3-6,8H,7H2,1-2H3,(H,13,14). The van der Waals surface area contributed by atoms with Crippen molar-refractivity contribution in [2.24, 2.45) is 11.0 Å². The van der Waals surface area contributed by atoms with Crippen molar-refractivity contribution in [3.8, 4) is 0 Å². The molecule has 1 atom stereocenters. The third-order valence-corrected chi connectivity index (χ3v) is 2.74. The molecular formula is C11H14ClN3. The lowest BCUT2D eigenvalue weighted by Crippen LogP contribution is -2.24. The van der Waals surface area contributed by atoms with E-state index >= 15 is 0 Å². The third kappa shape index (κ3) is 2.07. The van der Waals surface area contributed by atoms with Gasteiger partial charge in [-0.3, -0.25) is 5.01 Å². The van der Waals surface area contributed by atoms with Gasteiger partial charge in [-0.05, 0) is 18.2 Å². The summed E-state index contributed by atoms with van der Waals surface area (Å²) in [6.45, 7) is 3.05. The van der Waals surface area contributed by atoms with Crippen LogP contribution in [0.4, 0.5) is 5.69 Å². The molecule has 0 bridgehead atoms. The molecule has 1 aromatic rings. The van der Waals surface area contributed by atoms with Crippen molar-refractivity contribution in [2.45, 2.75) is 6.92 Å². The van der Waals surface area contributed by atoms with Crippen LogP contribution in [0, 0.1) is 5.92 Å². The molecule has 0 aliphatic carbocycles. The summed E-state index contributed by atoms with van der Waals surface area (Å²) in [6.07, 6.45) is 0. The zero-order valence-electron chi connectivity index (χ0n) is 8.87. The molecule has 1 aliphatic heterocycles. The largest absolute Gasteiger partial charge is 0.375 e. The summed E-state index contributed by atoms with van der Waals surface area (Å²) in [6, 6.07) is 7.75. The van der Waals surface area contributed by atoms with E-state index in [-0.39, 0.29) is 0 Å². The Hall–Kier alpha value is -1.22. The van der Waals surface area contributed by atoms with Gasteiger partial charge < -0.3 is 5.32 Å². The van der Waals surface area contributed by atoms with E-state index in [9.17, 15) is 0 Å². The summed E-state index contributed by atoms with van der Waals surface area (Å²) in [4.78, 5) is 0. The topological polar surface area (TPSA) is 27.6 Å². The molecule has 1 unspecified atom stereocenters. The highest BCUT2D eigenvalue weighted by atomic mass is 35.5. The van der Waals surface area contributed by atoms with E-state index in [1.807, 2.05) is 36.3 Å². The van der Waals surface area contributed by atoms with Crippen LogP contribution in [-0.2, 0) is 0 Å². The Morgan fingerprint density at radius 2 is 2.33 bits per heavy atom. The molecule has 0 radical (unpaired) electrons. The Kier molecular flexibility index (Phi) is 2.82. The average Bonchev–Trinajstić information content (AvgIpc) is 2.60. The molecule has 15 heavy (non-hydrogen) atoms. The Bertz CT molecular complexity index is 389. The Morgan fingerprint density at radius 3 is 2.93 bits per heavy atom. The molecule has 80 valence electrons. The molecule has 0 spiro atoms. The van der Waals surface area contributed by atoms with Gasteiger partial charge in [-0.1, -0.05) is 24.6 Å². The second kappa shape index (κ2) is 4.11. The monoisotopic (exact) mass is 223 g/mol. The lowest BCUT2D eigenvalue weighted by molar-refractivity contribution is 0.765. The molecule has 1 N–H and O–H groups in total. The number of benzene rings is 1. The molecule has 0 saturated carbocycles. The van der Waals surface area contributed by atoms with E-state index in [0.29, 0.717) is 5.92 Å². The van der Waals surface area contributed by atoms with Gasteiger partial charge in [-0.15, -0.1) is 0 Å². The van der Waals surface area contributed by atoms with Crippen molar-refractivity contribution in [1.29, 1.82) is 0 Å². The summed E-state index contributed by atoms with van der Waals surface area (Å²) in [5.41, 5.74) is 1.04. The Labute approximate surface area is 94.7 Å². The molecule has 4 heteroatoms. The number of hydrogen-bond donors (Lipinski definition) is 1. The predicted octanol–water partition coefficient (Wildman–Crippen LogP) is 2.33. The quantitative estimate of drug-likeness (QED) is 0.792. The molecule has 0 saturated heterocycles. The summed E-state index contributed by atoms with van der Waals surface area (Å²) >= 11 is 5.94. The number of nitrogens with one attached hydrogen (secondary N) is 1. The van der Waals surface area contributed by atoms with E-state index in [4.69, 9.17) is 11.6 Å². The van der Waals surface area contributed by atoms with E-state index in [0.717, 1.165) is 23.1 Å². The Morgan fingerprint density at radius 1 is 1.53 bits per heavy atom. The van der Waals surface area contributed by atoms with Crippen LogP contribution >= 0.6 is 11.6 Å². The van der Waals surface area contributed by atoms with E-state index < -0.39 is 0 Å². The average molecular weight is 224 g/mol. The van der Waals surface area contributed by atoms with E-state index in [2.05, 4.69) is 17.3 Å². The molecule has 1 aliphatic rings. The van der Waals surface area contributed by atoms with E-state index in [1.165, 1.54) is 0 Å². The summed E-state index contributed by atoms with van der Waals surface area (Å²) in [5.74, 6) is 1.46. The molecule has 0 fully saturated rings. The van der Waals surface area contributed by atoms with Crippen LogP contribution in [0.5, 0.6) is 0 Å². The third-order valence-electron chi connectivity index (χ3n) is 2.50. The number of hydrazone groups is 1. The summed E-state index contributed by atoms with van der Waals surface area (Å²) < 4.78 is 0. The van der Waals surface area contributed by atoms with Crippen LogP contribution in [-0.4, -0.2) is 19.4 Å². The van der Waals surface area contributed by atoms with Gasteiger partial charge in [0.05, 0.1) is 12.2 Å². The van der Waals surface area contributed by atoms with Crippen molar-refractivity contribution in [2.75, 3.05) is 18.6 Å². The molecule has 0 aromatic heterocycles. The van der Waals surface area contributed by atoms with Gasteiger partial charge in [0, 0.05) is 18.0 Å². The van der Waals surface area contributed by atoms with Gasteiger partial charge in [-0.25, -0.2) is 0 Å². The molecule has 2 rings (SSSR count). The van der Waals surface area contributed by atoms with Gasteiger partial charge in [0.2, 0.25) is 0 Å². The zero-order valence-corrected chi connectivity index (χ0v) is 9.62. The minimum Gasteiger partial charge on any atom is -0.375 e. The van der Waals surface area contributed by atoms with Crippen molar-refractivity contribution >= 4 is 23.1 Å². The van der Waals surface area contributed by atoms with Gasteiger partial charge >= 0.3 is 0 Å². The predicted molar refractivity (Wildman–Crippen MR) is 64.5 cm³/mol. The minimum absolute atomic E-state index is 0.439. The van der Waals surface area contributed by atoms with Crippen LogP contribution in [0.25, 0.3) is 0 Å². The molecule has 0 amide bonds. The maximum atomic E-state index is 5.94. The van der Waals surface area contributed by atoms with Crippen LogP contribution in [0.15, 0.2) is 29.4 Å². The highest BCUT2D eigenvalue weighted by molar-refractivity contribution is 6.30. The van der Waals surface area contributed by atoms with Gasteiger partial charge in [0.1, 0.15) is 5.84 Å². The van der Waals surface area contributed by atoms with Crippen LogP contribution < -0.4 is 10.3 Å². The maximum Gasteiger partial charge on any atom is 0.127 e. The molecule has 1 aromatic carbocycles. The van der Waals surface area contributed by atoms with Crippen LogP contribution in [0.3, 0.4) is 0 Å². The number of rotatable bonds is 1. The van der Waals surface area contributed by atoms with Gasteiger partial charge in [0.15, 0.2) is 0 Å². The maximum absolute atomic E-state index is 5.94. The fourth-order valence-corrected chi connectivity index (χ4v) is 1.90. The molecule has 1 heterocycles. The normalized spacial score (nSPS) is 20.3. The van der Waals surface area contributed by atoms with E-state index in [1.54, 1.807) is 0 Å². The fraction of sp³-hybridized carbons (Fsp3) is 0.364. The van der Waals surface area contributed by atoms with Crippen molar-refractivity contribution < 1.29 is 0 Å². The highest BCUT2D eigenvalue weighted by Crippen LogP contribution is 2.24. The van der Waals surface area contributed by atoms with Crippen LogP contribution in [0.1, 0.15) is 6.92 Å². The molecule has 3 nitrogen and oxygen atoms in total. The fourth-order valence-electron chi connectivity index (χ4n) is 1.71. The number of amidine groups is 1. The number of anilines is 1. The summed E-state index contributed by atoms with van der Waals surface area (Å²) in [7, 11) is 1.90. The highest BCUT2D eigenvalue weighted by Gasteiger charge is 2.22. The zero-order chi connectivity index (χ0) is 10.8. The van der Waals surface area contributed by atoms with Crippen LogP contribution in [0.2, 0.25) is 5.02 Å². The van der Waals surface area contributed by atoms with Crippen molar-refractivity contribution in [3.63, 3.8) is 0 Å². The van der Waals surface area contributed by atoms with Crippen molar-refractivity contribution in [3.05, 3.63) is 29.3 Å². The smallest absolute Gasteiger partial charge is 0.127 e. The second-order valence-corrected chi connectivity index (χ2v) is 4.13. The summed E-state index contributed by atoms with van der Waals surface area (Å²) in [5, 5.41) is 10.3. The first-order valence-corrected chi connectivity index (χ1v) is 5.38. The SMILES string of the molecule is CNC1=NN(c2cccc(Cl)c2)CC1C. The van der Waals surface area contributed by atoms with Gasteiger partial charge in [-0.2, -0.15) is 5.10 Å². The Balaban J connectivity index is 2.24. The lowest BCUT2D eigenvalue weighted by Gasteiger charge is -2.14. The number of nitrogens with zero attached hydrogens (tertiary/aromatic N) is 2. The molecular weight excluding hydrogens is 210 g/mol. The number of halogens is 1. The lowest BCUT2D eigenvalue weighted by atomic mass is 10.1. The first kappa shape index (κ1) is 10.3. The van der Waals surface area contributed by atoms with Crippen molar-refractivity contribution in [1.82, 2.24) is 5.32 Å². The second-order valence-electron chi connectivity index (χ2n) is 3.70. The minimum atomic E-state index is 0.439. The first-order chi connectivity index (χ1) is 7.20. The van der Waals surface area contributed by atoms with Gasteiger partial charge in [0.25, 0.3) is 0 Å².